The van der Waals surface area contributed by atoms with Gasteiger partial charge in [0, 0.05) is 13.1 Å². The highest BCUT2D eigenvalue weighted by molar-refractivity contribution is 5.45. The summed E-state index contributed by atoms with van der Waals surface area (Å²) in [5, 5.41) is 19.1. The Kier molecular flexibility index (Phi) is 3.41. The molecule has 2 N–H and O–H groups in total. The van der Waals surface area contributed by atoms with Gasteiger partial charge in [-0.3, -0.25) is 4.98 Å². The minimum absolute atomic E-state index is 0.221. The highest BCUT2D eigenvalue weighted by atomic mass is 16.3. The number of rotatable bonds is 3. The predicted octanol–water partition coefficient (Wildman–Crippen LogP) is 1.10. The van der Waals surface area contributed by atoms with Gasteiger partial charge in [0.05, 0.1) is 29.8 Å². The molecule has 0 spiro atoms. The van der Waals surface area contributed by atoms with Crippen molar-refractivity contribution in [1.29, 1.82) is 0 Å². The molecular weight excluding hydrogens is 204 g/mol. The van der Waals surface area contributed by atoms with Gasteiger partial charge in [-0.1, -0.05) is 6.92 Å². The monoisotopic (exact) mass is 222 g/mol. The first-order chi connectivity index (χ1) is 7.70. The van der Waals surface area contributed by atoms with E-state index in [1.807, 2.05) is 19.1 Å². The first kappa shape index (κ1) is 11.4. The molecule has 16 heavy (non-hydrogen) atoms. The van der Waals surface area contributed by atoms with Crippen LogP contribution in [0.3, 0.4) is 0 Å². The van der Waals surface area contributed by atoms with E-state index in [9.17, 15) is 10.2 Å². The quantitative estimate of drug-likeness (QED) is 0.804. The van der Waals surface area contributed by atoms with Gasteiger partial charge >= 0.3 is 0 Å². The molecule has 1 unspecified atom stereocenters. The summed E-state index contributed by atoms with van der Waals surface area (Å²) in [4.78, 5) is 6.36. The second-order valence-electron chi connectivity index (χ2n) is 4.25. The number of nitrogens with zero attached hydrogens (tertiary/aromatic N) is 2. The molecule has 1 fully saturated rings. The van der Waals surface area contributed by atoms with Crippen LogP contribution < -0.4 is 4.90 Å². The summed E-state index contributed by atoms with van der Waals surface area (Å²) in [6, 6.07) is 3.81. The van der Waals surface area contributed by atoms with Crippen LogP contribution >= 0.6 is 0 Å². The predicted molar refractivity (Wildman–Crippen MR) is 62.3 cm³/mol. The average molecular weight is 222 g/mol. The Morgan fingerprint density at radius 3 is 2.88 bits per heavy atom. The van der Waals surface area contributed by atoms with E-state index in [-0.39, 0.29) is 6.10 Å². The van der Waals surface area contributed by atoms with Gasteiger partial charge in [-0.2, -0.15) is 0 Å². The van der Waals surface area contributed by atoms with E-state index >= 15 is 0 Å². The highest BCUT2D eigenvalue weighted by Gasteiger charge is 2.20. The Balaban J connectivity index is 2.07. The molecule has 2 atom stereocenters. The van der Waals surface area contributed by atoms with Crippen molar-refractivity contribution in [2.45, 2.75) is 32.0 Å². The molecule has 1 saturated heterocycles. The maximum atomic E-state index is 9.61. The summed E-state index contributed by atoms with van der Waals surface area (Å²) >= 11 is 0. The fourth-order valence-corrected chi connectivity index (χ4v) is 1.97. The van der Waals surface area contributed by atoms with Crippen LogP contribution in [0.25, 0.3) is 0 Å². The molecule has 1 aliphatic rings. The van der Waals surface area contributed by atoms with Gasteiger partial charge < -0.3 is 15.1 Å². The lowest BCUT2D eigenvalue weighted by molar-refractivity contribution is 0.169. The third-order valence-electron chi connectivity index (χ3n) is 3.03. The molecule has 0 amide bonds. The van der Waals surface area contributed by atoms with Gasteiger partial charge in [0.2, 0.25) is 0 Å². The SMILES string of the molecule is CC[C@@H](O)c1ccc(N2CCC(O)C2)cn1. The molecule has 4 nitrogen and oxygen atoms in total. The van der Waals surface area contributed by atoms with Crippen molar-refractivity contribution < 1.29 is 10.2 Å². The van der Waals surface area contributed by atoms with Gasteiger partial charge in [-0.25, -0.2) is 0 Å². The van der Waals surface area contributed by atoms with Crippen molar-refractivity contribution in [3.63, 3.8) is 0 Å². The lowest BCUT2D eigenvalue weighted by Gasteiger charge is -2.18. The number of hydrogen-bond acceptors (Lipinski definition) is 4. The maximum absolute atomic E-state index is 9.61. The van der Waals surface area contributed by atoms with Gasteiger partial charge in [0.15, 0.2) is 0 Å². The largest absolute Gasteiger partial charge is 0.391 e. The summed E-state index contributed by atoms with van der Waals surface area (Å²) in [6.45, 7) is 3.48. The zero-order chi connectivity index (χ0) is 11.5. The molecule has 1 aromatic heterocycles. The van der Waals surface area contributed by atoms with Crippen LogP contribution in [0.1, 0.15) is 31.6 Å². The number of anilines is 1. The first-order valence-electron chi connectivity index (χ1n) is 5.77. The smallest absolute Gasteiger partial charge is 0.0957 e. The molecule has 1 aromatic rings. The molecule has 0 saturated carbocycles. The lowest BCUT2D eigenvalue weighted by atomic mass is 10.2. The Morgan fingerprint density at radius 2 is 2.38 bits per heavy atom. The minimum atomic E-state index is -0.474. The third kappa shape index (κ3) is 2.33. The van der Waals surface area contributed by atoms with Crippen LogP contribution in [0.5, 0.6) is 0 Å². The summed E-state index contributed by atoms with van der Waals surface area (Å²) in [7, 11) is 0. The van der Waals surface area contributed by atoms with Gasteiger partial charge in [-0.05, 0) is 25.0 Å². The topological polar surface area (TPSA) is 56.6 Å². The van der Waals surface area contributed by atoms with E-state index in [1.165, 1.54) is 0 Å². The molecule has 2 heterocycles. The number of aliphatic hydroxyl groups is 2. The molecule has 2 rings (SSSR count). The second-order valence-corrected chi connectivity index (χ2v) is 4.25. The van der Waals surface area contributed by atoms with Crippen molar-refractivity contribution in [2.24, 2.45) is 0 Å². The minimum Gasteiger partial charge on any atom is -0.391 e. The van der Waals surface area contributed by atoms with E-state index in [4.69, 9.17) is 0 Å². The van der Waals surface area contributed by atoms with Crippen LogP contribution in [-0.2, 0) is 0 Å². The van der Waals surface area contributed by atoms with E-state index in [1.54, 1.807) is 6.20 Å². The van der Waals surface area contributed by atoms with Gasteiger partial charge in [0.25, 0.3) is 0 Å². The van der Waals surface area contributed by atoms with E-state index in [2.05, 4.69) is 9.88 Å². The maximum Gasteiger partial charge on any atom is 0.0957 e. The zero-order valence-electron chi connectivity index (χ0n) is 9.50. The molecule has 1 aliphatic heterocycles. The van der Waals surface area contributed by atoms with Gasteiger partial charge in [0.1, 0.15) is 0 Å². The summed E-state index contributed by atoms with van der Waals surface area (Å²) in [5.41, 5.74) is 1.73. The number of β-amino-alcohol motifs (C(OH)–C–C–N with tert-alkyl or cyclic N) is 1. The van der Waals surface area contributed by atoms with Crippen LogP contribution in [0.2, 0.25) is 0 Å². The number of aromatic nitrogens is 1. The second kappa shape index (κ2) is 4.80. The normalized spacial score (nSPS) is 22.4. The molecule has 0 aromatic carbocycles. The molecule has 0 radical (unpaired) electrons. The van der Waals surface area contributed by atoms with E-state index in [0.717, 1.165) is 18.7 Å². The summed E-state index contributed by atoms with van der Waals surface area (Å²) < 4.78 is 0. The van der Waals surface area contributed by atoms with Crippen molar-refractivity contribution in [2.75, 3.05) is 18.0 Å². The van der Waals surface area contributed by atoms with Gasteiger partial charge in [-0.15, -0.1) is 0 Å². The summed E-state index contributed by atoms with van der Waals surface area (Å²) in [5.74, 6) is 0. The summed E-state index contributed by atoms with van der Waals surface area (Å²) in [6.07, 6.45) is 2.57. The van der Waals surface area contributed by atoms with Crippen molar-refractivity contribution in [3.8, 4) is 0 Å². The van der Waals surface area contributed by atoms with E-state index < -0.39 is 6.10 Å². The first-order valence-corrected chi connectivity index (χ1v) is 5.77. The Hall–Kier alpha value is -1.13. The van der Waals surface area contributed by atoms with Crippen molar-refractivity contribution in [1.82, 2.24) is 4.98 Å². The fraction of sp³-hybridized carbons (Fsp3) is 0.583. The Morgan fingerprint density at radius 1 is 1.56 bits per heavy atom. The van der Waals surface area contributed by atoms with Crippen molar-refractivity contribution >= 4 is 5.69 Å². The van der Waals surface area contributed by atoms with Crippen LogP contribution in [0.15, 0.2) is 18.3 Å². The third-order valence-corrected chi connectivity index (χ3v) is 3.03. The van der Waals surface area contributed by atoms with Crippen LogP contribution in [0.4, 0.5) is 5.69 Å². The standard InChI is InChI=1S/C12H18N2O2/c1-2-12(16)11-4-3-9(7-13-11)14-6-5-10(15)8-14/h3-4,7,10,12,15-16H,2,5-6,8H2,1H3/t10?,12-/m1/s1. The van der Waals surface area contributed by atoms with Crippen molar-refractivity contribution in [3.05, 3.63) is 24.0 Å². The highest BCUT2D eigenvalue weighted by Crippen LogP contribution is 2.21. The number of aliphatic hydroxyl groups excluding tert-OH is 2. The lowest BCUT2D eigenvalue weighted by Crippen LogP contribution is -2.21. The molecule has 88 valence electrons. The Bertz CT molecular complexity index is 339. The number of hydrogen-bond donors (Lipinski definition) is 2. The fourth-order valence-electron chi connectivity index (χ4n) is 1.97. The Labute approximate surface area is 95.5 Å². The number of pyridine rings is 1. The van der Waals surface area contributed by atoms with Crippen LogP contribution in [0, 0.1) is 0 Å². The molecule has 0 bridgehead atoms. The molecule has 0 aliphatic carbocycles. The zero-order valence-corrected chi connectivity index (χ0v) is 9.50. The van der Waals surface area contributed by atoms with E-state index in [0.29, 0.717) is 18.7 Å². The average Bonchev–Trinajstić information content (AvgIpc) is 2.75. The molecular formula is C12H18N2O2. The molecule has 4 heteroatoms. The van der Waals surface area contributed by atoms with Crippen LogP contribution in [-0.4, -0.2) is 34.4 Å².